The van der Waals surface area contributed by atoms with E-state index in [0.29, 0.717) is 19.4 Å². The molecule has 1 unspecified atom stereocenters. The SMILES string of the molecule is C=CCC(N)C(=O)N[C@H](CCOOC)CCc1ccccc1. The largest absolute Gasteiger partial charge is 0.352 e. The highest BCUT2D eigenvalue weighted by Gasteiger charge is 2.17. The molecule has 1 aromatic rings. The second-order valence-corrected chi connectivity index (χ2v) is 5.14. The maximum atomic E-state index is 12.0. The highest BCUT2D eigenvalue weighted by molar-refractivity contribution is 5.81. The normalized spacial score (nSPS) is 13.4. The summed E-state index contributed by atoms with van der Waals surface area (Å²) in [5.74, 6) is -0.157. The van der Waals surface area contributed by atoms with Crippen LogP contribution in [-0.2, 0) is 21.0 Å². The summed E-state index contributed by atoms with van der Waals surface area (Å²) in [7, 11) is 1.47. The molecule has 0 bridgehead atoms. The minimum atomic E-state index is -0.555. The Labute approximate surface area is 132 Å². The number of carbonyl (C=O) groups is 1. The van der Waals surface area contributed by atoms with Crippen molar-refractivity contribution in [3.05, 3.63) is 48.6 Å². The third-order valence-electron chi connectivity index (χ3n) is 3.40. The fourth-order valence-electron chi connectivity index (χ4n) is 2.14. The van der Waals surface area contributed by atoms with E-state index in [2.05, 4.69) is 28.9 Å². The van der Waals surface area contributed by atoms with Gasteiger partial charge in [0.2, 0.25) is 5.91 Å². The molecule has 22 heavy (non-hydrogen) atoms. The highest BCUT2D eigenvalue weighted by Crippen LogP contribution is 2.08. The molecule has 1 amide bonds. The van der Waals surface area contributed by atoms with E-state index in [1.54, 1.807) is 6.08 Å². The van der Waals surface area contributed by atoms with Gasteiger partial charge in [0.1, 0.15) is 0 Å². The number of amides is 1. The minimum Gasteiger partial charge on any atom is -0.352 e. The zero-order chi connectivity index (χ0) is 16.2. The van der Waals surface area contributed by atoms with Gasteiger partial charge in [0.05, 0.1) is 19.8 Å². The van der Waals surface area contributed by atoms with Gasteiger partial charge in [0, 0.05) is 6.04 Å². The van der Waals surface area contributed by atoms with Gasteiger partial charge < -0.3 is 11.1 Å². The van der Waals surface area contributed by atoms with Crippen molar-refractivity contribution in [3.8, 4) is 0 Å². The lowest BCUT2D eigenvalue weighted by atomic mass is 10.0. The summed E-state index contributed by atoms with van der Waals surface area (Å²) >= 11 is 0. The van der Waals surface area contributed by atoms with E-state index in [9.17, 15) is 4.79 Å². The summed E-state index contributed by atoms with van der Waals surface area (Å²) in [5.41, 5.74) is 7.04. The summed E-state index contributed by atoms with van der Waals surface area (Å²) < 4.78 is 0. The Morgan fingerprint density at radius 2 is 2.09 bits per heavy atom. The van der Waals surface area contributed by atoms with Crippen LogP contribution in [0, 0.1) is 0 Å². The van der Waals surface area contributed by atoms with Crippen LogP contribution < -0.4 is 11.1 Å². The molecule has 0 heterocycles. The average molecular weight is 306 g/mol. The first-order valence-electron chi connectivity index (χ1n) is 7.53. The van der Waals surface area contributed by atoms with Gasteiger partial charge in [-0.2, -0.15) is 0 Å². The van der Waals surface area contributed by atoms with Gasteiger partial charge in [-0.25, -0.2) is 9.78 Å². The summed E-state index contributed by atoms with van der Waals surface area (Å²) in [6, 6.07) is 9.61. The van der Waals surface area contributed by atoms with Gasteiger partial charge in [-0.05, 0) is 31.2 Å². The molecule has 3 N–H and O–H groups in total. The number of rotatable bonds is 11. The average Bonchev–Trinajstić information content (AvgIpc) is 2.53. The topological polar surface area (TPSA) is 73.6 Å². The van der Waals surface area contributed by atoms with E-state index in [-0.39, 0.29) is 11.9 Å². The Hall–Kier alpha value is -1.69. The van der Waals surface area contributed by atoms with Gasteiger partial charge in [-0.1, -0.05) is 36.4 Å². The second-order valence-electron chi connectivity index (χ2n) is 5.14. The van der Waals surface area contributed by atoms with E-state index in [0.717, 1.165) is 12.8 Å². The molecule has 0 aliphatic rings. The van der Waals surface area contributed by atoms with Crippen molar-refractivity contribution in [2.45, 2.75) is 37.8 Å². The first-order valence-corrected chi connectivity index (χ1v) is 7.53. The molecule has 0 fully saturated rings. The van der Waals surface area contributed by atoms with Crippen LogP contribution in [0.5, 0.6) is 0 Å². The zero-order valence-electron chi connectivity index (χ0n) is 13.2. The van der Waals surface area contributed by atoms with Crippen molar-refractivity contribution < 1.29 is 14.6 Å². The molecule has 0 aromatic heterocycles. The second kappa shape index (κ2) is 11.0. The number of hydrogen-bond donors (Lipinski definition) is 2. The van der Waals surface area contributed by atoms with Crippen molar-refractivity contribution in [1.82, 2.24) is 5.32 Å². The van der Waals surface area contributed by atoms with E-state index >= 15 is 0 Å². The summed E-state index contributed by atoms with van der Waals surface area (Å²) in [5, 5.41) is 2.98. The molecule has 0 spiro atoms. The molecule has 0 radical (unpaired) electrons. The zero-order valence-corrected chi connectivity index (χ0v) is 13.2. The van der Waals surface area contributed by atoms with Crippen LogP contribution >= 0.6 is 0 Å². The fraction of sp³-hybridized carbons (Fsp3) is 0.471. The van der Waals surface area contributed by atoms with Gasteiger partial charge >= 0.3 is 0 Å². The Kier molecular flexibility index (Phi) is 9.14. The molecule has 2 atom stereocenters. The molecule has 0 aliphatic heterocycles. The first kappa shape index (κ1) is 18.4. The Balaban J connectivity index is 2.51. The van der Waals surface area contributed by atoms with Gasteiger partial charge in [0.25, 0.3) is 0 Å². The third-order valence-corrected chi connectivity index (χ3v) is 3.40. The monoisotopic (exact) mass is 306 g/mol. The number of carbonyl (C=O) groups excluding carboxylic acids is 1. The summed E-state index contributed by atoms with van der Waals surface area (Å²) in [4.78, 5) is 21.5. The minimum absolute atomic E-state index is 0.00118. The van der Waals surface area contributed by atoms with Crippen LogP contribution in [0.4, 0.5) is 0 Å². The number of aryl methyl sites for hydroxylation is 1. The predicted octanol–water partition coefficient (Wildman–Crippen LogP) is 1.98. The van der Waals surface area contributed by atoms with Crippen LogP contribution in [-0.4, -0.2) is 31.7 Å². The molecule has 122 valence electrons. The van der Waals surface area contributed by atoms with Crippen molar-refractivity contribution in [2.24, 2.45) is 5.73 Å². The van der Waals surface area contributed by atoms with Crippen LogP contribution in [0.15, 0.2) is 43.0 Å². The molecular formula is C17H26N2O3. The van der Waals surface area contributed by atoms with Gasteiger partial charge in [-0.3, -0.25) is 4.79 Å². The highest BCUT2D eigenvalue weighted by atomic mass is 17.2. The number of benzene rings is 1. The Morgan fingerprint density at radius 1 is 1.36 bits per heavy atom. The van der Waals surface area contributed by atoms with E-state index < -0.39 is 6.04 Å². The standard InChI is InChI=1S/C17H26N2O3/c1-3-7-16(18)17(20)19-15(12-13-22-21-2)11-10-14-8-5-4-6-9-14/h3-6,8-9,15-16H,1,7,10-13,18H2,2H3,(H,19,20)/t15-,16?/m0/s1. The molecule has 0 saturated carbocycles. The van der Waals surface area contributed by atoms with Crippen molar-refractivity contribution in [2.75, 3.05) is 13.7 Å². The van der Waals surface area contributed by atoms with Crippen LogP contribution in [0.2, 0.25) is 0 Å². The first-order chi connectivity index (χ1) is 10.7. The Bertz CT molecular complexity index is 437. The predicted molar refractivity (Wildman–Crippen MR) is 87.1 cm³/mol. The van der Waals surface area contributed by atoms with Crippen molar-refractivity contribution in [1.29, 1.82) is 0 Å². The van der Waals surface area contributed by atoms with Gasteiger partial charge in [0.15, 0.2) is 0 Å². The smallest absolute Gasteiger partial charge is 0.237 e. The third kappa shape index (κ3) is 7.36. The lowest BCUT2D eigenvalue weighted by Crippen LogP contribution is -2.45. The molecule has 0 saturated heterocycles. The van der Waals surface area contributed by atoms with Crippen LogP contribution in [0.3, 0.4) is 0 Å². The number of nitrogens with two attached hydrogens (primary N) is 1. The lowest BCUT2D eigenvalue weighted by Gasteiger charge is -2.20. The maximum absolute atomic E-state index is 12.0. The number of nitrogens with one attached hydrogen (secondary N) is 1. The van der Waals surface area contributed by atoms with E-state index in [1.165, 1.54) is 12.7 Å². The lowest BCUT2D eigenvalue weighted by molar-refractivity contribution is -0.273. The van der Waals surface area contributed by atoms with Crippen molar-refractivity contribution >= 4 is 5.91 Å². The van der Waals surface area contributed by atoms with Crippen LogP contribution in [0.25, 0.3) is 0 Å². The summed E-state index contributed by atoms with van der Waals surface area (Å²) in [6.07, 6.45) is 4.50. The molecule has 1 aromatic carbocycles. The quantitative estimate of drug-likeness (QED) is 0.284. The fourth-order valence-corrected chi connectivity index (χ4v) is 2.14. The number of hydrogen-bond acceptors (Lipinski definition) is 4. The van der Waals surface area contributed by atoms with Crippen molar-refractivity contribution in [3.63, 3.8) is 0 Å². The maximum Gasteiger partial charge on any atom is 0.237 e. The Morgan fingerprint density at radius 3 is 2.73 bits per heavy atom. The van der Waals surface area contributed by atoms with Crippen LogP contribution in [0.1, 0.15) is 24.8 Å². The molecule has 1 rings (SSSR count). The van der Waals surface area contributed by atoms with E-state index in [4.69, 9.17) is 10.6 Å². The van der Waals surface area contributed by atoms with Gasteiger partial charge in [-0.15, -0.1) is 6.58 Å². The molecule has 5 heteroatoms. The van der Waals surface area contributed by atoms with E-state index in [1.807, 2.05) is 18.2 Å². The summed E-state index contributed by atoms with van der Waals surface area (Å²) in [6.45, 7) is 4.03. The molecular weight excluding hydrogens is 280 g/mol. The molecule has 5 nitrogen and oxygen atoms in total. The molecule has 0 aliphatic carbocycles.